The normalized spacial score (nSPS) is 18.7. The predicted octanol–water partition coefficient (Wildman–Crippen LogP) is 0.372. The zero-order chi connectivity index (χ0) is 4.24. The van der Waals surface area contributed by atoms with Crippen LogP contribution in [0.5, 0.6) is 0 Å². The molecule has 0 aromatic carbocycles. The van der Waals surface area contributed by atoms with Gasteiger partial charge in [-0.25, -0.2) is 0 Å². The first-order valence-corrected chi connectivity index (χ1v) is 2.29. The second-order valence-electron chi connectivity index (χ2n) is 0.653. The van der Waals surface area contributed by atoms with Gasteiger partial charge in [0.05, 0.1) is 0 Å². The molecule has 0 saturated carbocycles. The Labute approximate surface area is 36.9 Å². The van der Waals surface area contributed by atoms with Crippen LogP contribution in [0.4, 0.5) is 0 Å². The van der Waals surface area contributed by atoms with E-state index in [2.05, 4.69) is 14.8 Å². The van der Waals surface area contributed by atoms with Crippen LogP contribution in [0.15, 0.2) is 4.91 Å². The van der Waals surface area contributed by atoms with Gasteiger partial charge < -0.3 is 0 Å². The topological polar surface area (TPSA) is 30.8 Å². The molecule has 3 nitrogen and oxygen atoms in total. The number of hydrogen-bond acceptors (Lipinski definition) is 3. The summed E-state index contributed by atoms with van der Waals surface area (Å²) < 4.78 is 0. The summed E-state index contributed by atoms with van der Waals surface area (Å²) in [6, 6.07) is 0. The van der Waals surface area contributed by atoms with Gasteiger partial charge in [0.1, 0.15) is 0 Å². The van der Waals surface area contributed by atoms with Crippen molar-refractivity contribution in [3.63, 3.8) is 0 Å². The maximum atomic E-state index is 4.22. The van der Waals surface area contributed by atoms with E-state index in [4.69, 9.17) is 0 Å². The van der Waals surface area contributed by atoms with Crippen LogP contribution in [-0.2, 0) is 9.88 Å². The van der Waals surface area contributed by atoms with Crippen molar-refractivity contribution in [3.8, 4) is 0 Å². The van der Waals surface area contributed by atoms with Crippen LogP contribution < -0.4 is 0 Å². The average molecular weight is 101 g/mol. The van der Waals surface area contributed by atoms with Crippen molar-refractivity contribution in [3.05, 3.63) is 0 Å². The Morgan fingerprint density at radius 1 is 1.83 bits per heavy atom. The molecule has 0 unspecified atom stereocenters. The Balaban J connectivity index is 2.46. The standard InChI is InChI=1S/CHBNO2P/c1-2-6-3-5-4-1/h1H. The van der Waals surface area contributed by atoms with E-state index in [0.717, 1.165) is 8.25 Å². The van der Waals surface area contributed by atoms with Crippen molar-refractivity contribution in [1.29, 1.82) is 0 Å². The molecule has 0 aromatic rings. The molecule has 6 heavy (non-hydrogen) atoms. The zero-order valence-corrected chi connectivity index (χ0v) is 3.76. The van der Waals surface area contributed by atoms with E-state index in [-0.39, 0.29) is 0 Å². The van der Waals surface area contributed by atoms with Crippen LogP contribution in [-0.4, -0.2) is 12.8 Å². The Bertz CT molecular complexity index is 79.5. The van der Waals surface area contributed by atoms with Gasteiger partial charge in [-0.3, -0.25) is 0 Å². The van der Waals surface area contributed by atoms with Crippen LogP contribution >= 0.6 is 8.25 Å². The Kier molecular flexibility index (Phi) is 1.36. The maximum absolute atomic E-state index is 4.22. The third-order valence-corrected chi connectivity index (χ3v) is 0.723. The van der Waals surface area contributed by atoms with E-state index in [9.17, 15) is 0 Å². The molecule has 0 aromatic heterocycles. The fraction of sp³-hybridized carbons (Fsp3) is 0. The van der Waals surface area contributed by atoms with Crippen molar-refractivity contribution >= 4 is 21.0 Å². The van der Waals surface area contributed by atoms with Crippen LogP contribution in [0.2, 0.25) is 0 Å². The molecule has 1 rings (SSSR count). The molecule has 0 aliphatic carbocycles. The first-order valence-electron chi connectivity index (χ1n) is 1.38. The molecule has 0 radical (unpaired) electrons. The fourth-order valence-electron chi connectivity index (χ4n) is 0.143. The van der Waals surface area contributed by atoms with Crippen molar-refractivity contribution in [2.75, 3.05) is 0 Å². The van der Waals surface area contributed by atoms with Gasteiger partial charge in [0.25, 0.3) is 0 Å². The second-order valence-corrected chi connectivity index (χ2v) is 1.35. The van der Waals surface area contributed by atoms with E-state index in [0.29, 0.717) is 0 Å². The number of rotatable bonds is 0. The van der Waals surface area contributed by atoms with E-state index in [1.807, 2.05) is 0 Å². The molecule has 1 heterocycles. The van der Waals surface area contributed by atoms with Gasteiger partial charge in [-0.05, 0) is 0 Å². The van der Waals surface area contributed by atoms with Gasteiger partial charge in [-0.15, -0.1) is 0 Å². The van der Waals surface area contributed by atoms with Gasteiger partial charge in [0.2, 0.25) is 0 Å². The van der Waals surface area contributed by atoms with E-state index >= 15 is 0 Å². The van der Waals surface area contributed by atoms with E-state index < -0.39 is 0 Å². The molecule has 30 valence electrons. The van der Waals surface area contributed by atoms with E-state index in [1.54, 1.807) is 6.64 Å². The summed E-state index contributed by atoms with van der Waals surface area (Å²) in [6.45, 7) is 1.73. The van der Waals surface area contributed by atoms with Crippen molar-refractivity contribution in [1.82, 2.24) is 0 Å². The van der Waals surface area contributed by atoms with Crippen molar-refractivity contribution in [2.24, 2.45) is 4.91 Å². The first-order chi connectivity index (χ1) is 3.00. The molecule has 0 fully saturated rings. The Morgan fingerprint density at radius 2 is 2.83 bits per heavy atom. The average Bonchev–Trinajstić information content (AvgIpc) is 1.72. The van der Waals surface area contributed by atoms with Crippen LogP contribution in [0.1, 0.15) is 0 Å². The van der Waals surface area contributed by atoms with Gasteiger partial charge in [0, 0.05) is 0 Å². The quantitative estimate of drug-likeness (QED) is 0.250. The summed E-state index contributed by atoms with van der Waals surface area (Å²) in [5, 5.41) is 0. The summed E-state index contributed by atoms with van der Waals surface area (Å²) in [6.07, 6.45) is 1.44. The number of hydrogen-bond donors (Lipinski definition) is 0. The van der Waals surface area contributed by atoms with Crippen molar-refractivity contribution in [2.45, 2.75) is 0 Å². The van der Waals surface area contributed by atoms with Gasteiger partial charge in [-0.2, -0.15) is 0 Å². The summed E-state index contributed by atoms with van der Waals surface area (Å²) in [7, 11) is 0.796. The Hall–Kier alpha value is -0.205. The molecule has 0 saturated heterocycles. The molecule has 0 atom stereocenters. The molecule has 1 aliphatic rings. The number of nitrogens with zero attached hydrogens (tertiary/aromatic N) is 1. The van der Waals surface area contributed by atoms with Gasteiger partial charge in [-0.1, -0.05) is 0 Å². The third-order valence-electron chi connectivity index (χ3n) is 0.307. The van der Waals surface area contributed by atoms with Crippen LogP contribution in [0.3, 0.4) is 0 Å². The van der Waals surface area contributed by atoms with Crippen LogP contribution in [0.25, 0.3) is 0 Å². The predicted molar refractivity (Wildman–Crippen MR) is 23.3 cm³/mol. The molecule has 0 N–H and O–H groups in total. The first kappa shape index (κ1) is 3.97. The minimum atomic E-state index is 0.796. The summed E-state index contributed by atoms with van der Waals surface area (Å²) >= 11 is 0. The second kappa shape index (κ2) is 2.06. The van der Waals surface area contributed by atoms with E-state index in [1.165, 1.54) is 6.15 Å². The molecule has 0 amide bonds. The monoisotopic (exact) mass is 101 g/mol. The minimum absolute atomic E-state index is 0.796. The Morgan fingerprint density at radius 3 is 3.00 bits per heavy atom. The summed E-state index contributed by atoms with van der Waals surface area (Å²) in [5.74, 6) is 0. The molecule has 5 heteroatoms. The third kappa shape index (κ3) is 0.883. The molecule has 0 spiro atoms. The molecule has 0 bridgehead atoms. The molecular formula is CHBNO2P. The summed E-state index contributed by atoms with van der Waals surface area (Å²) in [5.41, 5.74) is 0. The van der Waals surface area contributed by atoms with Crippen LogP contribution in [0, 0.1) is 0 Å². The van der Waals surface area contributed by atoms with Crippen molar-refractivity contribution < 1.29 is 9.88 Å². The zero-order valence-electron chi connectivity index (χ0n) is 2.87. The van der Waals surface area contributed by atoms with Gasteiger partial charge in [0.15, 0.2) is 0 Å². The fourth-order valence-corrected chi connectivity index (χ4v) is 0.378. The molecule has 1 aliphatic heterocycles. The molecular weight excluding hydrogens is 99.8 g/mol. The SMILES string of the molecule is B1=COON=P1. The summed E-state index contributed by atoms with van der Waals surface area (Å²) in [4.78, 5) is 11.7. The van der Waals surface area contributed by atoms with Gasteiger partial charge >= 0.3 is 35.8 Å².